The number of allylic oxidation sites excluding steroid dienone is 8. The predicted octanol–water partition coefficient (Wildman–Crippen LogP) is 8.19. The highest BCUT2D eigenvalue weighted by atomic mass is 19.1. The van der Waals surface area contributed by atoms with Gasteiger partial charge in [0, 0.05) is 0 Å². The number of fused-ring (bicyclic) bond motifs is 1. The molecule has 0 spiro atoms. The summed E-state index contributed by atoms with van der Waals surface area (Å²) < 4.78 is 14.0. The molecule has 172 valence electrons. The van der Waals surface area contributed by atoms with Gasteiger partial charge in [0.15, 0.2) is 0 Å². The van der Waals surface area contributed by atoms with Gasteiger partial charge in [-0.25, -0.2) is 4.39 Å². The maximum Gasteiger partial charge on any atom is 0.125 e. The lowest BCUT2D eigenvalue weighted by molar-refractivity contribution is 0.0824. The minimum Gasteiger partial charge on any atom is -0.386 e. The van der Waals surface area contributed by atoms with Crippen molar-refractivity contribution in [3.63, 3.8) is 0 Å². The van der Waals surface area contributed by atoms with E-state index in [1.165, 1.54) is 18.4 Å². The molecule has 0 aromatic heterocycles. The smallest absolute Gasteiger partial charge is 0.125 e. The van der Waals surface area contributed by atoms with Crippen molar-refractivity contribution in [1.29, 1.82) is 0 Å². The molecule has 31 heavy (non-hydrogen) atoms. The minimum absolute atomic E-state index is 0.230. The van der Waals surface area contributed by atoms with Crippen molar-refractivity contribution >= 4 is 0 Å². The zero-order valence-electron chi connectivity index (χ0n) is 20.2. The van der Waals surface area contributed by atoms with Crippen LogP contribution in [0.4, 0.5) is 4.39 Å². The molecule has 1 nitrogen and oxygen atoms in total. The normalized spacial score (nSPS) is 33.2. The van der Waals surface area contributed by atoms with Gasteiger partial charge < -0.3 is 5.11 Å². The third kappa shape index (κ3) is 5.16. The maximum atomic E-state index is 14.0. The van der Waals surface area contributed by atoms with Crippen LogP contribution in [-0.2, 0) is 0 Å². The number of halogens is 1. The van der Waals surface area contributed by atoms with Crippen molar-refractivity contribution in [3.8, 4) is 0 Å². The maximum absolute atomic E-state index is 14.0. The first-order valence-electron chi connectivity index (χ1n) is 12.6. The summed E-state index contributed by atoms with van der Waals surface area (Å²) in [5.41, 5.74) is 4.52. The Labute approximate surface area is 189 Å². The van der Waals surface area contributed by atoms with E-state index in [0.717, 1.165) is 50.5 Å². The third-order valence-corrected chi connectivity index (χ3v) is 8.48. The van der Waals surface area contributed by atoms with Crippen molar-refractivity contribution in [2.24, 2.45) is 17.3 Å². The van der Waals surface area contributed by atoms with Gasteiger partial charge in [0.25, 0.3) is 0 Å². The average molecular weight is 427 g/mol. The fourth-order valence-electron chi connectivity index (χ4n) is 6.13. The van der Waals surface area contributed by atoms with Gasteiger partial charge in [-0.05, 0) is 92.6 Å². The van der Waals surface area contributed by atoms with Gasteiger partial charge in [0.1, 0.15) is 6.17 Å². The number of hydrogen-bond donors (Lipinski definition) is 1. The van der Waals surface area contributed by atoms with Gasteiger partial charge in [-0.3, -0.25) is 0 Å². The van der Waals surface area contributed by atoms with Crippen molar-refractivity contribution in [2.75, 3.05) is 0 Å². The van der Waals surface area contributed by atoms with Crippen molar-refractivity contribution < 1.29 is 9.50 Å². The van der Waals surface area contributed by atoms with Crippen LogP contribution in [0.1, 0.15) is 91.9 Å². The summed E-state index contributed by atoms with van der Waals surface area (Å²) in [6, 6.07) is 0. The zero-order valence-corrected chi connectivity index (χ0v) is 20.2. The molecule has 4 atom stereocenters. The number of aliphatic hydroxyl groups is 1. The first-order valence-corrected chi connectivity index (χ1v) is 12.6. The second kappa shape index (κ2) is 10.0. The summed E-state index contributed by atoms with van der Waals surface area (Å²) in [5, 5.41) is 10.5. The van der Waals surface area contributed by atoms with Crippen LogP contribution < -0.4 is 0 Å². The van der Waals surface area contributed by atoms with E-state index < -0.39 is 11.8 Å². The van der Waals surface area contributed by atoms with E-state index in [1.807, 2.05) is 19.9 Å². The largest absolute Gasteiger partial charge is 0.386 e. The third-order valence-electron chi connectivity index (χ3n) is 8.48. The first kappa shape index (κ1) is 24.2. The molecule has 3 rings (SSSR count). The van der Waals surface area contributed by atoms with Crippen LogP contribution in [0, 0.1) is 17.3 Å². The van der Waals surface area contributed by atoms with E-state index in [-0.39, 0.29) is 5.41 Å². The van der Waals surface area contributed by atoms with Crippen molar-refractivity contribution in [1.82, 2.24) is 0 Å². The fourth-order valence-corrected chi connectivity index (χ4v) is 6.13. The molecule has 2 unspecified atom stereocenters. The molecular formula is C29H43FO. The Bertz CT molecular complexity index is 779. The lowest BCUT2D eigenvalue weighted by Crippen LogP contribution is -2.32. The van der Waals surface area contributed by atoms with Crippen LogP contribution in [0.3, 0.4) is 0 Å². The van der Waals surface area contributed by atoms with E-state index in [9.17, 15) is 9.50 Å². The summed E-state index contributed by atoms with van der Waals surface area (Å²) in [5.74, 6) is 1.06. The van der Waals surface area contributed by atoms with Crippen LogP contribution >= 0.6 is 0 Å². The van der Waals surface area contributed by atoms with Crippen LogP contribution in [0.5, 0.6) is 0 Å². The van der Waals surface area contributed by atoms with E-state index in [2.05, 4.69) is 44.7 Å². The van der Waals surface area contributed by atoms with E-state index >= 15 is 0 Å². The molecule has 3 aliphatic carbocycles. The number of hydrogen-bond acceptors (Lipinski definition) is 1. The molecule has 0 heterocycles. The van der Waals surface area contributed by atoms with Crippen LogP contribution in [0.25, 0.3) is 0 Å². The van der Waals surface area contributed by atoms with Gasteiger partial charge in [0.05, 0.1) is 5.60 Å². The minimum atomic E-state index is -0.859. The highest BCUT2D eigenvalue weighted by Gasteiger charge is 2.45. The van der Waals surface area contributed by atoms with Gasteiger partial charge in [-0.1, -0.05) is 75.8 Å². The quantitative estimate of drug-likeness (QED) is 0.407. The standard InChI is InChI=1S/C29H43FO/c1-6-29(31,7-2)20-9-11-21(3)25-17-18-26-24(13-10-19-28(25,26)5)16-15-23-12-8-14-27(30)22(23)4/h9,15-17,20-21,26-27,31H,4,6-8,10-14,18-19H2,1-3,5H3/b20-9+,23-15-,24-16+/t21-,26?,27?,28+/m0/s1. The summed E-state index contributed by atoms with van der Waals surface area (Å²) in [6.45, 7) is 12.9. The fraction of sp³-hybridized carbons (Fsp3) is 0.655. The van der Waals surface area contributed by atoms with Gasteiger partial charge in [-0.15, -0.1) is 0 Å². The lowest BCUT2D eigenvalue weighted by Gasteiger charge is -2.42. The molecule has 2 saturated carbocycles. The second-order valence-corrected chi connectivity index (χ2v) is 10.4. The molecular weight excluding hydrogens is 383 g/mol. The van der Waals surface area contributed by atoms with Crippen LogP contribution in [0.15, 0.2) is 59.3 Å². The highest BCUT2D eigenvalue weighted by Crippen LogP contribution is 2.57. The second-order valence-electron chi connectivity index (χ2n) is 10.4. The van der Waals surface area contributed by atoms with Crippen LogP contribution in [-0.4, -0.2) is 16.9 Å². The Hall–Kier alpha value is -1.41. The SMILES string of the molecule is C=C1/C(=C\C=C2/CCC[C@]3(C)C([C@@H](C)C/C=C/C(O)(CC)CC)=CCC23)CCCC1F. The Morgan fingerprint density at radius 1 is 1.26 bits per heavy atom. The molecule has 0 radical (unpaired) electrons. The first-order chi connectivity index (χ1) is 14.7. The summed E-state index contributed by atoms with van der Waals surface area (Å²) in [4.78, 5) is 0. The molecule has 3 aliphatic rings. The summed E-state index contributed by atoms with van der Waals surface area (Å²) in [6.07, 6.45) is 20.1. The molecule has 0 aliphatic heterocycles. The zero-order chi connectivity index (χ0) is 22.6. The van der Waals surface area contributed by atoms with Gasteiger partial charge >= 0.3 is 0 Å². The van der Waals surface area contributed by atoms with E-state index in [4.69, 9.17) is 0 Å². The average Bonchev–Trinajstić information content (AvgIpc) is 3.12. The Morgan fingerprint density at radius 3 is 2.71 bits per heavy atom. The topological polar surface area (TPSA) is 20.2 Å². The Balaban J connectivity index is 1.71. The number of alkyl halides is 1. The number of rotatable bonds is 7. The molecule has 0 bridgehead atoms. The highest BCUT2D eigenvalue weighted by molar-refractivity contribution is 5.39. The molecule has 2 heteroatoms. The van der Waals surface area contributed by atoms with Crippen molar-refractivity contribution in [2.45, 2.75) is 104 Å². The molecule has 0 amide bonds. The van der Waals surface area contributed by atoms with E-state index in [0.29, 0.717) is 23.8 Å². The predicted molar refractivity (Wildman–Crippen MR) is 131 cm³/mol. The van der Waals surface area contributed by atoms with Gasteiger partial charge in [-0.2, -0.15) is 0 Å². The molecule has 1 N–H and O–H groups in total. The van der Waals surface area contributed by atoms with Crippen LogP contribution in [0.2, 0.25) is 0 Å². The van der Waals surface area contributed by atoms with Crippen molar-refractivity contribution in [3.05, 3.63) is 59.3 Å². The Kier molecular flexibility index (Phi) is 7.84. The Morgan fingerprint density at radius 2 is 2.00 bits per heavy atom. The monoisotopic (exact) mass is 426 g/mol. The molecule has 2 fully saturated rings. The summed E-state index contributed by atoms with van der Waals surface area (Å²) >= 11 is 0. The van der Waals surface area contributed by atoms with Gasteiger partial charge in [0.2, 0.25) is 0 Å². The molecule has 0 saturated heterocycles. The van der Waals surface area contributed by atoms with E-state index in [1.54, 1.807) is 5.57 Å². The molecule has 0 aromatic carbocycles. The lowest BCUT2D eigenvalue weighted by atomic mass is 9.62. The summed E-state index contributed by atoms with van der Waals surface area (Å²) in [7, 11) is 0. The molecule has 0 aromatic rings.